The van der Waals surface area contributed by atoms with Crippen LogP contribution in [0.3, 0.4) is 0 Å². The normalized spacial score (nSPS) is 14.4. The van der Waals surface area contributed by atoms with Crippen molar-refractivity contribution in [3.63, 3.8) is 0 Å². The second kappa shape index (κ2) is 3.28. The lowest BCUT2D eigenvalue weighted by molar-refractivity contribution is 0.494. The van der Waals surface area contributed by atoms with Gasteiger partial charge in [-0.05, 0) is 6.08 Å². The van der Waals surface area contributed by atoms with E-state index in [2.05, 4.69) is 0 Å². The van der Waals surface area contributed by atoms with Crippen LogP contribution in [0.4, 0.5) is 0 Å². The fourth-order valence-electron chi connectivity index (χ4n) is 0.163. The molecule has 0 aromatic heterocycles. The fourth-order valence-corrected chi connectivity index (χ4v) is 0.952. The van der Waals surface area contributed by atoms with E-state index in [1.165, 1.54) is 0 Å². The van der Waals surface area contributed by atoms with Crippen LogP contribution in [0.2, 0.25) is 0 Å². The van der Waals surface area contributed by atoms with Crippen LogP contribution >= 0.6 is 34.8 Å². The Kier molecular flexibility index (Phi) is 3.45. The van der Waals surface area contributed by atoms with E-state index < -0.39 is 13.9 Å². The van der Waals surface area contributed by atoms with E-state index in [1.807, 2.05) is 0 Å². The number of hydrogen-bond donors (Lipinski definition) is 1. The highest BCUT2D eigenvalue weighted by Crippen LogP contribution is 2.27. The first-order chi connectivity index (χ1) is 4.21. The number of alkyl halides is 3. The molecule has 0 fully saturated rings. The van der Waals surface area contributed by atoms with E-state index in [-0.39, 0.29) is 0 Å². The molecule has 0 spiro atoms. The van der Waals surface area contributed by atoms with Crippen molar-refractivity contribution in [2.45, 2.75) is 3.79 Å². The molecule has 0 rings (SSSR count). The van der Waals surface area contributed by atoms with Gasteiger partial charge in [-0.25, -0.2) is 0 Å². The van der Waals surface area contributed by atoms with E-state index in [0.29, 0.717) is 5.41 Å². The zero-order valence-corrected chi connectivity index (χ0v) is 7.54. The third-order valence-electron chi connectivity index (χ3n) is 0.429. The molecule has 3 nitrogen and oxygen atoms in total. The van der Waals surface area contributed by atoms with Crippen LogP contribution in [0.1, 0.15) is 0 Å². The zero-order chi connectivity index (χ0) is 8.41. The Morgan fingerprint density at radius 3 is 1.80 bits per heavy atom. The van der Waals surface area contributed by atoms with Gasteiger partial charge in [-0.3, -0.25) is 4.55 Å². The maximum atomic E-state index is 9.97. The monoisotopic (exact) mass is 224 g/mol. The Morgan fingerprint density at radius 1 is 1.30 bits per heavy atom. The van der Waals surface area contributed by atoms with Gasteiger partial charge in [0.1, 0.15) is 0 Å². The lowest BCUT2D eigenvalue weighted by Gasteiger charge is -2.00. The Balaban J connectivity index is 4.31. The quantitative estimate of drug-likeness (QED) is 0.546. The van der Waals surface area contributed by atoms with Gasteiger partial charge in [0, 0.05) is 0 Å². The van der Waals surface area contributed by atoms with Gasteiger partial charge in [0.2, 0.25) is 3.79 Å². The highest BCUT2D eigenvalue weighted by atomic mass is 35.6. The average Bonchev–Trinajstić information content (AvgIpc) is 1.57. The van der Waals surface area contributed by atoms with E-state index >= 15 is 0 Å². The predicted octanol–water partition coefficient (Wildman–Crippen LogP) is 1.76. The molecule has 1 N–H and O–H groups in total. The van der Waals surface area contributed by atoms with Gasteiger partial charge >= 0.3 is 0 Å². The Morgan fingerprint density at radius 2 is 1.70 bits per heavy atom. The second-order valence-corrected chi connectivity index (χ2v) is 5.03. The molecule has 0 amide bonds. The molecule has 0 bridgehead atoms. The van der Waals surface area contributed by atoms with Crippen molar-refractivity contribution < 1.29 is 13.0 Å². The van der Waals surface area contributed by atoms with Crippen LogP contribution in [-0.4, -0.2) is 16.8 Å². The topological polar surface area (TPSA) is 54.4 Å². The minimum absolute atomic E-state index is 0.403. The molecule has 0 aliphatic heterocycles. The van der Waals surface area contributed by atoms with Gasteiger partial charge in [-0.2, -0.15) is 8.42 Å². The Hall–Kier alpha value is 0.520. The van der Waals surface area contributed by atoms with Crippen molar-refractivity contribution in [3.8, 4) is 0 Å². The molecule has 7 heteroatoms. The van der Waals surface area contributed by atoms with Crippen molar-refractivity contribution in [2.24, 2.45) is 0 Å². The molecule has 0 heterocycles. The van der Waals surface area contributed by atoms with Crippen LogP contribution < -0.4 is 0 Å². The van der Waals surface area contributed by atoms with Crippen molar-refractivity contribution in [2.75, 3.05) is 0 Å². The molecule has 0 saturated carbocycles. The number of allylic oxidation sites excluding steroid dienone is 1. The van der Waals surface area contributed by atoms with Crippen LogP contribution in [0.15, 0.2) is 11.5 Å². The summed E-state index contributed by atoms with van der Waals surface area (Å²) in [7, 11) is -4.19. The van der Waals surface area contributed by atoms with Crippen LogP contribution in [-0.2, 0) is 10.1 Å². The van der Waals surface area contributed by atoms with Crippen LogP contribution in [0.25, 0.3) is 0 Å². The van der Waals surface area contributed by atoms with Gasteiger partial charge in [0.25, 0.3) is 10.1 Å². The summed E-state index contributed by atoms with van der Waals surface area (Å²) in [5, 5.41) is 0.403. The molecule has 0 atom stereocenters. The van der Waals surface area contributed by atoms with E-state index in [4.69, 9.17) is 39.4 Å². The summed E-state index contributed by atoms with van der Waals surface area (Å²) >= 11 is 15.3. The van der Waals surface area contributed by atoms with Crippen molar-refractivity contribution in [1.29, 1.82) is 0 Å². The maximum absolute atomic E-state index is 9.97. The van der Waals surface area contributed by atoms with Crippen molar-refractivity contribution >= 4 is 44.9 Å². The molecule has 0 saturated heterocycles. The number of rotatable bonds is 1. The van der Waals surface area contributed by atoms with Crippen LogP contribution in [0.5, 0.6) is 0 Å². The molecular formula is C3H3Cl3O3S. The summed E-state index contributed by atoms with van der Waals surface area (Å²) in [5.74, 6) is 0. The first-order valence-electron chi connectivity index (χ1n) is 1.94. The van der Waals surface area contributed by atoms with Crippen molar-refractivity contribution in [1.82, 2.24) is 0 Å². The molecule has 60 valence electrons. The first kappa shape index (κ1) is 10.5. The minimum atomic E-state index is -4.19. The summed E-state index contributed by atoms with van der Waals surface area (Å²) in [6, 6.07) is 0. The molecule has 0 aromatic carbocycles. The van der Waals surface area contributed by atoms with E-state index in [9.17, 15) is 8.42 Å². The highest BCUT2D eigenvalue weighted by Gasteiger charge is 2.15. The number of halogens is 3. The summed E-state index contributed by atoms with van der Waals surface area (Å²) in [5.41, 5.74) is 0. The van der Waals surface area contributed by atoms with Gasteiger partial charge in [0.15, 0.2) is 0 Å². The lowest BCUT2D eigenvalue weighted by atomic mass is 10.7. The zero-order valence-electron chi connectivity index (χ0n) is 4.46. The first-order valence-corrected chi connectivity index (χ1v) is 4.58. The standard InChI is InChI=1S/C3H3Cl3O3S/c4-3(5,6)1-2-10(7,8)9/h1-2H,(H,7,8,9). The third kappa shape index (κ3) is 8.52. The second-order valence-electron chi connectivity index (χ2n) is 1.36. The largest absolute Gasteiger partial charge is 0.287 e. The fraction of sp³-hybridized carbons (Fsp3) is 0.333. The lowest BCUT2D eigenvalue weighted by Crippen LogP contribution is -1.98. The predicted molar refractivity (Wildman–Crippen MR) is 41.0 cm³/mol. The van der Waals surface area contributed by atoms with Gasteiger partial charge in [-0.1, -0.05) is 34.8 Å². The smallest absolute Gasteiger partial charge is 0.282 e. The molecular weight excluding hydrogens is 222 g/mol. The van der Waals surface area contributed by atoms with Gasteiger partial charge in [-0.15, -0.1) is 0 Å². The highest BCUT2D eigenvalue weighted by molar-refractivity contribution is 7.88. The summed E-state index contributed by atoms with van der Waals surface area (Å²) < 4.78 is 26.2. The summed E-state index contributed by atoms with van der Waals surface area (Å²) in [6.07, 6.45) is 0.729. The summed E-state index contributed by atoms with van der Waals surface area (Å²) in [6.45, 7) is 0. The van der Waals surface area contributed by atoms with Crippen LogP contribution in [0, 0.1) is 0 Å². The van der Waals surface area contributed by atoms with E-state index in [0.717, 1.165) is 6.08 Å². The molecule has 0 radical (unpaired) electrons. The number of hydrogen-bond acceptors (Lipinski definition) is 2. The van der Waals surface area contributed by atoms with Gasteiger partial charge in [0.05, 0.1) is 5.41 Å². The Bertz CT molecular complexity index is 224. The Labute approximate surface area is 73.3 Å². The minimum Gasteiger partial charge on any atom is -0.282 e. The van der Waals surface area contributed by atoms with Crippen molar-refractivity contribution in [3.05, 3.63) is 11.5 Å². The SMILES string of the molecule is O=S(=O)(O)C=CC(Cl)(Cl)Cl. The van der Waals surface area contributed by atoms with Gasteiger partial charge < -0.3 is 0 Å². The molecule has 10 heavy (non-hydrogen) atoms. The average molecular weight is 225 g/mol. The van der Waals surface area contributed by atoms with E-state index in [1.54, 1.807) is 0 Å². The molecule has 0 aromatic rings. The summed E-state index contributed by atoms with van der Waals surface area (Å²) in [4.78, 5) is 0. The molecule has 0 aliphatic rings. The molecule has 0 aliphatic carbocycles. The molecule has 0 unspecified atom stereocenters. The third-order valence-corrected chi connectivity index (χ3v) is 1.29. The maximum Gasteiger partial charge on any atom is 0.287 e.